The molecule has 1 unspecified atom stereocenters. The number of amides is 1. The van der Waals surface area contributed by atoms with Gasteiger partial charge in [0.1, 0.15) is 10.7 Å². The molecular weight excluding hydrogens is 358 g/mol. The highest BCUT2D eigenvalue weighted by Crippen LogP contribution is 2.34. The van der Waals surface area contributed by atoms with Crippen LogP contribution in [0.2, 0.25) is 0 Å². The van der Waals surface area contributed by atoms with Crippen molar-refractivity contribution in [2.75, 3.05) is 6.54 Å². The molecule has 1 saturated carbocycles. The van der Waals surface area contributed by atoms with E-state index < -0.39 is 0 Å². The van der Waals surface area contributed by atoms with Crippen molar-refractivity contribution < 1.29 is 4.79 Å². The molecule has 2 aromatic heterocycles. The van der Waals surface area contributed by atoms with Crippen molar-refractivity contribution in [2.45, 2.75) is 18.9 Å². The van der Waals surface area contributed by atoms with Gasteiger partial charge in [0, 0.05) is 18.0 Å². The van der Waals surface area contributed by atoms with Crippen molar-refractivity contribution in [1.29, 1.82) is 0 Å². The van der Waals surface area contributed by atoms with E-state index >= 15 is 0 Å². The van der Waals surface area contributed by atoms with E-state index in [1.54, 1.807) is 16.7 Å². The zero-order valence-electron chi connectivity index (χ0n) is 10.6. The normalized spacial score (nSPS) is 16.1. The largest absolute Gasteiger partial charge is 0.346 e. The van der Waals surface area contributed by atoms with Gasteiger partial charge in [0.25, 0.3) is 5.91 Å². The smallest absolute Gasteiger partial charge is 0.271 e. The van der Waals surface area contributed by atoms with Crippen LogP contribution >= 0.6 is 38.6 Å². The highest BCUT2D eigenvalue weighted by Gasteiger charge is 2.31. The molecule has 106 valence electrons. The monoisotopic (exact) mass is 371 g/mol. The third-order valence-electron chi connectivity index (χ3n) is 3.28. The molecule has 0 radical (unpaired) electrons. The van der Waals surface area contributed by atoms with Crippen LogP contribution in [-0.4, -0.2) is 23.5 Å². The van der Waals surface area contributed by atoms with Crippen LogP contribution in [0.3, 0.4) is 0 Å². The Balaban J connectivity index is 1.71. The number of aromatic nitrogens is 1. The van der Waals surface area contributed by atoms with Crippen LogP contribution in [0.15, 0.2) is 21.3 Å². The lowest BCUT2D eigenvalue weighted by molar-refractivity contribution is 0.0929. The van der Waals surface area contributed by atoms with Crippen LogP contribution in [0.25, 0.3) is 9.88 Å². The first-order valence-electron chi connectivity index (χ1n) is 6.39. The average molecular weight is 372 g/mol. The molecular formula is C13H14BrN3OS2. The topological polar surface area (TPSA) is 68.0 Å². The van der Waals surface area contributed by atoms with E-state index in [0.29, 0.717) is 18.2 Å². The van der Waals surface area contributed by atoms with E-state index in [4.69, 9.17) is 5.73 Å². The molecule has 3 rings (SSSR count). The van der Waals surface area contributed by atoms with Crippen LogP contribution in [0.5, 0.6) is 0 Å². The van der Waals surface area contributed by atoms with Crippen molar-refractivity contribution in [2.24, 2.45) is 11.7 Å². The van der Waals surface area contributed by atoms with Crippen LogP contribution in [0, 0.1) is 5.92 Å². The van der Waals surface area contributed by atoms with Crippen molar-refractivity contribution in [1.82, 2.24) is 10.3 Å². The Hall–Kier alpha value is -0.760. The number of thiazole rings is 1. The van der Waals surface area contributed by atoms with Crippen LogP contribution < -0.4 is 11.1 Å². The van der Waals surface area contributed by atoms with E-state index in [2.05, 4.69) is 26.2 Å². The molecule has 3 N–H and O–H groups in total. The summed E-state index contributed by atoms with van der Waals surface area (Å²) >= 11 is 6.53. The number of nitrogens with two attached hydrogens (primary N) is 1. The van der Waals surface area contributed by atoms with Gasteiger partial charge >= 0.3 is 0 Å². The predicted molar refractivity (Wildman–Crippen MR) is 86.2 cm³/mol. The average Bonchev–Trinajstić information content (AvgIpc) is 2.99. The number of thiophene rings is 1. The summed E-state index contributed by atoms with van der Waals surface area (Å²) in [4.78, 5) is 17.7. The van der Waals surface area contributed by atoms with Crippen molar-refractivity contribution in [3.05, 3.63) is 27.0 Å². The van der Waals surface area contributed by atoms with Crippen molar-refractivity contribution in [3.8, 4) is 9.88 Å². The summed E-state index contributed by atoms with van der Waals surface area (Å²) in [6.07, 6.45) is 2.32. The first kappa shape index (κ1) is 14.2. The zero-order chi connectivity index (χ0) is 14.1. The Morgan fingerprint density at radius 1 is 1.55 bits per heavy atom. The number of nitrogens with zero attached hydrogens (tertiary/aromatic N) is 1. The maximum atomic E-state index is 12.2. The molecule has 20 heavy (non-hydrogen) atoms. The molecule has 1 fully saturated rings. The number of hydrogen-bond donors (Lipinski definition) is 2. The fraction of sp³-hybridized carbons (Fsp3) is 0.385. The number of halogens is 1. The van der Waals surface area contributed by atoms with E-state index in [1.165, 1.54) is 11.3 Å². The molecule has 1 aliphatic rings. The standard InChI is InChI=1S/C13H14BrN3OS2/c14-11-4-3-10(20-11)13-17-9(6-19-13)12(18)16-8(5-15)7-1-2-7/h3-4,6-8H,1-2,5,15H2,(H,16,18). The molecule has 0 bridgehead atoms. The van der Waals surface area contributed by atoms with Gasteiger partial charge in [0.2, 0.25) is 0 Å². The summed E-state index contributed by atoms with van der Waals surface area (Å²) in [5, 5.41) is 5.67. The molecule has 1 atom stereocenters. The van der Waals surface area contributed by atoms with Gasteiger partial charge in [-0.2, -0.15) is 0 Å². The lowest BCUT2D eigenvalue weighted by Gasteiger charge is -2.14. The lowest BCUT2D eigenvalue weighted by Crippen LogP contribution is -2.41. The van der Waals surface area contributed by atoms with Gasteiger partial charge in [-0.3, -0.25) is 4.79 Å². The summed E-state index contributed by atoms with van der Waals surface area (Å²) in [5.41, 5.74) is 6.18. The third-order valence-corrected chi connectivity index (χ3v) is 5.92. The number of rotatable bonds is 5. The summed E-state index contributed by atoms with van der Waals surface area (Å²) in [5.74, 6) is 0.431. The van der Waals surface area contributed by atoms with Crippen molar-refractivity contribution >= 4 is 44.5 Å². The quantitative estimate of drug-likeness (QED) is 0.848. The first-order valence-corrected chi connectivity index (χ1v) is 8.88. The second kappa shape index (κ2) is 5.93. The van der Waals surface area contributed by atoms with E-state index in [0.717, 1.165) is 26.5 Å². The van der Waals surface area contributed by atoms with E-state index in [9.17, 15) is 4.79 Å². The molecule has 4 nitrogen and oxygen atoms in total. The second-order valence-electron chi connectivity index (χ2n) is 4.79. The zero-order valence-corrected chi connectivity index (χ0v) is 13.9. The Kier molecular flexibility index (Phi) is 4.21. The third kappa shape index (κ3) is 3.11. The Labute approximate surface area is 133 Å². The van der Waals surface area contributed by atoms with Gasteiger partial charge < -0.3 is 11.1 Å². The minimum absolute atomic E-state index is 0.0866. The lowest BCUT2D eigenvalue weighted by atomic mass is 10.2. The minimum Gasteiger partial charge on any atom is -0.346 e. The molecule has 7 heteroatoms. The van der Waals surface area contributed by atoms with Crippen LogP contribution in [0.4, 0.5) is 0 Å². The summed E-state index contributed by atoms with van der Waals surface area (Å²) in [7, 11) is 0. The Bertz CT molecular complexity index is 621. The van der Waals surface area contributed by atoms with Gasteiger partial charge in [0.15, 0.2) is 0 Å². The van der Waals surface area contributed by atoms with Gasteiger partial charge in [-0.15, -0.1) is 22.7 Å². The van der Waals surface area contributed by atoms with Crippen molar-refractivity contribution in [3.63, 3.8) is 0 Å². The molecule has 0 aliphatic heterocycles. The van der Waals surface area contributed by atoms with Gasteiger partial charge in [-0.05, 0) is 46.8 Å². The summed E-state index contributed by atoms with van der Waals surface area (Å²) in [6, 6.07) is 4.07. The molecule has 0 aromatic carbocycles. The summed E-state index contributed by atoms with van der Waals surface area (Å²) in [6.45, 7) is 0.491. The SMILES string of the molecule is NCC(NC(=O)c1csc(-c2ccc(Br)s2)n1)C1CC1. The summed E-state index contributed by atoms with van der Waals surface area (Å²) < 4.78 is 1.06. The second-order valence-corrected chi connectivity index (χ2v) is 8.12. The molecule has 1 aliphatic carbocycles. The van der Waals surface area contributed by atoms with Crippen LogP contribution in [0.1, 0.15) is 23.3 Å². The number of hydrogen-bond acceptors (Lipinski definition) is 5. The van der Waals surface area contributed by atoms with E-state index in [-0.39, 0.29) is 11.9 Å². The van der Waals surface area contributed by atoms with Gasteiger partial charge in [0.05, 0.1) is 8.66 Å². The fourth-order valence-electron chi connectivity index (χ4n) is 2.03. The maximum absolute atomic E-state index is 12.2. The van der Waals surface area contributed by atoms with Gasteiger partial charge in [-0.1, -0.05) is 0 Å². The molecule has 0 spiro atoms. The number of nitrogens with one attached hydrogen (secondary N) is 1. The Morgan fingerprint density at radius 2 is 2.35 bits per heavy atom. The molecule has 0 saturated heterocycles. The molecule has 2 aromatic rings. The highest BCUT2D eigenvalue weighted by molar-refractivity contribution is 9.11. The predicted octanol–water partition coefficient (Wildman–Crippen LogP) is 3.10. The molecule has 2 heterocycles. The number of carbonyl (C=O) groups excluding carboxylic acids is 1. The van der Waals surface area contributed by atoms with Gasteiger partial charge in [-0.25, -0.2) is 4.98 Å². The first-order chi connectivity index (χ1) is 9.67. The fourth-order valence-corrected chi connectivity index (χ4v) is 4.29. The van der Waals surface area contributed by atoms with Crippen LogP contribution in [-0.2, 0) is 0 Å². The minimum atomic E-state index is -0.120. The molecule has 1 amide bonds. The van der Waals surface area contributed by atoms with E-state index in [1.807, 2.05) is 12.1 Å². The Morgan fingerprint density at radius 3 is 2.95 bits per heavy atom. The highest BCUT2D eigenvalue weighted by atomic mass is 79.9. The number of carbonyl (C=O) groups is 1. The maximum Gasteiger partial charge on any atom is 0.271 e.